The quantitative estimate of drug-likeness (QED) is 0.268. The van der Waals surface area contributed by atoms with E-state index in [0.717, 1.165) is 23.1 Å². The van der Waals surface area contributed by atoms with E-state index in [2.05, 4.69) is 15.0 Å². The number of pyridine rings is 1. The van der Waals surface area contributed by atoms with Crippen molar-refractivity contribution >= 4 is 50.3 Å². The molecule has 2 N–H and O–H groups in total. The number of rotatable bonds is 7. The average molecular weight is 569 g/mol. The van der Waals surface area contributed by atoms with Crippen molar-refractivity contribution in [2.45, 2.75) is 19.0 Å². The lowest BCUT2D eigenvalue weighted by molar-refractivity contribution is 0.416. The van der Waals surface area contributed by atoms with Gasteiger partial charge < -0.3 is 19.4 Å². The Bertz CT molecular complexity index is 1610. The fourth-order valence-corrected chi connectivity index (χ4v) is 5.64. The zero-order valence-corrected chi connectivity index (χ0v) is 23.2. The van der Waals surface area contributed by atoms with E-state index in [-0.39, 0.29) is 6.04 Å². The molecular weight excluding hydrogens is 544 g/mol. The van der Waals surface area contributed by atoms with Crippen molar-refractivity contribution in [2.24, 2.45) is 0 Å². The molecule has 2 atom stereocenters. The smallest absolute Gasteiger partial charge is 0.229 e. The maximum atomic E-state index is 12.0. The molecule has 38 heavy (non-hydrogen) atoms. The minimum Gasteiger partial charge on any atom is -0.495 e. The van der Waals surface area contributed by atoms with Gasteiger partial charge in [-0.15, -0.1) is 0 Å². The Morgan fingerprint density at radius 1 is 1.13 bits per heavy atom. The lowest BCUT2D eigenvalue weighted by Crippen LogP contribution is -2.29. The topological polar surface area (TPSA) is 96.7 Å². The number of thiocarbonyl (C=S) groups is 1. The Morgan fingerprint density at radius 3 is 2.66 bits per heavy atom. The number of nitrogens with zero attached hydrogens (tertiary/aromatic N) is 2. The minimum atomic E-state index is -3.55. The van der Waals surface area contributed by atoms with Gasteiger partial charge in [0.25, 0.3) is 0 Å². The molecule has 1 aliphatic rings. The largest absolute Gasteiger partial charge is 0.495 e. The van der Waals surface area contributed by atoms with Gasteiger partial charge in [-0.1, -0.05) is 23.7 Å². The summed E-state index contributed by atoms with van der Waals surface area (Å²) in [5.41, 5.74) is 3.64. The molecule has 1 fully saturated rings. The van der Waals surface area contributed by atoms with Gasteiger partial charge in [0.2, 0.25) is 10.0 Å². The summed E-state index contributed by atoms with van der Waals surface area (Å²) in [4.78, 5) is 6.46. The van der Waals surface area contributed by atoms with Crippen LogP contribution in [-0.2, 0) is 10.0 Å². The van der Waals surface area contributed by atoms with Crippen LogP contribution in [0.5, 0.6) is 5.75 Å². The standard InChI is InChI=1S/C27H25ClN4O4S2/c1-16-7-8-17(28)14-19(16)22-11-12-24(36-22)26-25(20-6-4-5-13-29-20)30-27(37)32(26)18-9-10-23(35-2)21(15-18)31-38(3,33)34/h4-15,25-26,31H,1-3H3,(H,30,37)/t25-,26+/m0/s1. The molecule has 1 saturated heterocycles. The second-order valence-electron chi connectivity index (χ2n) is 8.92. The fraction of sp³-hybridized carbons (Fsp3) is 0.185. The summed E-state index contributed by atoms with van der Waals surface area (Å²) >= 11 is 12.1. The van der Waals surface area contributed by atoms with Crippen LogP contribution >= 0.6 is 23.8 Å². The number of aryl methyl sites for hydroxylation is 1. The third-order valence-electron chi connectivity index (χ3n) is 6.24. The van der Waals surface area contributed by atoms with E-state index in [9.17, 15) is 8.42 Å². The summed E-state index contributed by atoms with van der Waals surface area (Å²) in [5.74, 6) is 1.70. The van der Waals surface area contributed by atoms with Crippen LogP contribution in [0.3, 0.4) is 0 Å². The maximum absolute atomic E-state index is 12.0. The van der Waals surface area contributed by atoms with Crippen molar-refractivity contribution in [1.82, 2.24) is 10.3 Å². The van der Waals surface area contributed by atoms with Crippen LogP contribution in [0.15, 0.2) is 77.3 Å². The Morgan fingerprint density at radius 2 is 1.95 bits per heavy atom. The molecule has 4 aromatic rings. The number of hydrogen-bond donors (Lipinski definition) is 2. The van der Waals surface area contributed by atoms with Crippen LogP contribution in [0.25, 0.3) is 11.3 Å². The van der Waals surface area contributed by atoms with E-state index < -0.39 is 16.1 Å². The van der Waals surface area contributed by atoms with Crippen LogP contribution in [0.4, 0.5) is 11.4 Å². The highest BCUT2D eigenvalue weighted by Crippen LogP contribution is 2.44. The first kappa shape index (κ1) is 26.0. The molecule has 2 aromatic carbocycles. The molecule has 0 unspecified atom stereocenters. The number of methoxy groups -OCH3 is 1. The summed E-state index contributed by atoms with van der Waals surface area (Å²) < 4.78 is 38.4. The number of anilines is 2. The maximum Gasteiger partial charge on any atom is 0.229 e. The van der Waals surface area contributed by atoms with Gasteiger partial charge in [-0.2, -0.15) is 0 Å². The second-order valence-corrected chi connectivity index (χ2v) is 11.5. The van der Waals surface area contributed by atoms with E-state index in [1.54, 1.807) is 18.3 Å². The Hall–Kier alpha value is -3.60. The highest BCUT2D eigenvalue weighted by molar-refractivity contribution is 7.92. The van der Waals surface area contributed by atoms with Gasteiger partial charge in [0.1, 0.15) is 23.3 Å². The summed E-state index contributed by atoms with van der Waals surface area (Å²) in [6, 6.07) is 19.6. The molecule has 3 heterocycles. The second kappa shape index (κ2) is 10.3. The van der Waals surface area contributed by atoms with Crippen LogP contribution in [0, 0.1) is 6.92 Å². The summed E-state index contributed by atoms with van der Waals surface area (Å²) in [7, 11) is -2.08. The number of furan rings is 1. The number of halogens is 1. The monoisotopic (exact) mass is 568 g/mol. The lowest BCUT2D eigenvalue weighted by atomic mass is 10.0. The van der Waals surface area contributed by atoms with Crippen LogP contribution < -0.4 is 19.7 Å². The minimum absolute atomic E-state index is 0.296. The van der Waals surface area contributed by atoms with Gasteiger partial charge in [0.15, 0.2) is 5.11 Å². The Balaban J connectivity index is 1.63. The van der Waals surface area contributed by atoms with Crippen LogP contribution in [0.1, 0.15) is 29.1 Å². The number of aromatic nitrogens is 1. The molecule has 0 saturated carbocycles. The van der Waals surface area contributed by atoms with Gasteiger partial charge in [-0.3, -0.25) is 9.71 Å². The molecule has 5 rings (SSSR count). The summed E-state index contributed by atoms with van der Waals surface area (Å²) in [5, 5.41) is 4.43. The molecule has 0 radical (unpaired) electrons. The van der Waals surface area contributed by atoms with Gasteiger partial charge in [0.05, 0.1) is 30.8 Å². The van der Waals surface area contributed by atoms with Gasteiger partial charge in [-0.25, -0.2) is 8.42 Å². The van der Waals surface area contributed by atoms with Gasteiger partial charge >= 0.3 is 0 Å². The molecule has 0 bridgehead atoms. The van der Waals surface area contributed by atoms with Gasteiger partial charge in [0, 0.05) is 22.5 Å². The number of benzene rings is 2. The first-order valence-electron chi connectivity index (χ1n) is 11.7. The van der Waals surface area contributed by atoms with Crippen molar-refractivity contribution < 1.29 is 17.6 Å². The predicted molar refractivity (Wildman–Crippen MR) is 153 cm³/mol. The SMILES string of the molecule is COc1ccc(N2C(=S)N[C@@H](c3ccccn3)[C@H]2c2ccc(-c3cc(Cl)ccc3C)o2)cc1NS(C)(=O)=O. The molecule has 8 nitrogen and oxygen atoms in total. The first-order valence-corrected chi connectivity index (χ1v) is 14.3. The normalized spacial score (nSPS) is 17.4. The molecule has 0 amide bonds. The Labute approximate surface area is 231 Å². The third-order valence-corrected chi connectivity index (χ3v) is 7.38. The number of hydrogen-bond acceptors (Lipinski definition) is 6. The van der Waals surface area contributed by atoms with Crippen molar-refractivity contribution in [1.29, 1.82) is 0 Å². The molecule has 0 aliphatic carbocycles. The van der Waals surface area contributed by atoms with Gasteiger partial charge in [-0.05, 0) is 79.3 Å². The number of ether oxygens (including phenoxy) is 1. The third kappa shape index (κ3) is 5.20. The highest BCUT2D eigenvalue weighted by atomic mass is 35.5. The molecule has 11 heteroatoms. The van der Waals surface area contributed by atoms with Crippen molar-refractivity contribution in [3.8, 4) is 17.1 Å². The van der Waals surface area contributed by atoms with Crippen LogP contribution in [-0.4, -0.2) is 31.9 Å². The summed E-state index contributed by atoms with van der Waals surface area (Å²) in [6.07, 6.45) is 2.81. The average Bonchev–Trinajstić information content (AvgIpc) is 3.49. The zero-order chi connectivity index (χ0) is 27.0. The molecular formula is C27H25ClN4O4S2. The molecule has 1 aliphatic heterocycles. The Kier molecular flexibility index (Phi) is 7.04. The van der Waals surface area contributed by atoms with E-state index >= 15 is 0 Å². The highest BCUT2D eigenvalue weighted by Gasteiger charge is 2.43. The molecule has 196 valence electrons. The number of sulfonamides is 1. The molecule has 0 spiro atoms. The summed E-state index contributed by atoms with van der Waals surface area (Å²) in [6.45, 7) is 2.00. The van der Waals surface area contributed by atoms with Crippen LogP contribution in [0.2, 0.25) is 5.02 Å². The van der Waals surface area contributed by atoms with Crippen molar-refractivity contribution in [2.75, 3.05) is 23.0 Å². The van der Waals surface area contributed by atoms with E-state index in [1.165, 1.54) is 7.11 Å². The first-order chi connectivity index (χ1) is 18.1. The van der Waals surface area contributed by atoms with E-state index in [4.69, 9.17) is 33.0 Å². The predicted octanol–water partition coefficient (Wildman–Crippen LogP) is 5.86. The van der Waals surface area contributed by atoms with E-state index in [1.807, 2.05) is 66.4 Å². The number of nitrogens with one attached hydrogen (secondary N) is 2. The molecule has 2 aromatic heterocycles. The lowest BCUT2D eigenvalue weighted by Gasteiger charge is -2.27. The fourth-order valence-electron chi connectivity index (χ4n) is 4.56. The van der Waals surface area contributed by atoms with E-state index in [0.29, 0.717) is 38.8 Å². The van der Waals surface area contributed by atoms with Crippen molar-refractivity contribution in [3.63, 3.8) is 0 Å². The zero-order valence-electron chi connectivity index (χ0n) is 20.8. The van der Waals surface area contributed by atoms with Crippen molar-refractivity contribution in [3.05, 3.63) is 95.0 Å².